The second kappa shape index (κ2) is 6.12. The predicted octanol–water partition coefficient (Wildman–Crippen LogP) is 4.48. The highest BCUT2D eigenvalue weighted by Gasteiger charge is 2.46. The number of esters is 1. The summed E-state index contributed by atoms with van der Waals surface area (Å²) in [5.74, 6) is 0.333. The molecule has 0 unspecified atom stereocenters. The zero-order valence-electron chi connectivity index (χ0n) is 13.7. The molecule has 2 nitrogen and oxygen atoms in total. The molecule has 2 aromatic rings. The molecule has 1 saturated carbocycles. The average molecular weight is 316 g/mol. The Morgan fingerprint density at radius 1 is 0.917 bits per heavy atom. The number of hydrogen-bond donors (Lipinski definition) is 0. The van der Waals surface area contributed by atoms with Crippen LogP contribution in [0.25, 0.3) is 5.57 Å². The quantitative estimate of drug-likeness (QED) is 0.616. The summed E-state index contributed by atoms with van der Waals surface area (Å²) in [7, 11) is 1.48. The monoisotopic (exact) mass is 316 g/mol. The fourth-order valence-electron chi connectivity index (χ4n) is 4.14. The Hall–Kier alpha value is -2.61. The molecule has 0 saturated heterocycles. The molecule has 2 bridgehead atoms. The lowest BCUT2D eigenvalue weighted by molar-refractivity contribution is -0.146. The molecule has 0 N–H and O–H groups in total. The third-order valence-electron chi connectivity index (χ3n) is 5.17. The van der Waals surface area contributed by atoms with Crippen LogP contribution in [0.5, 0.6) is 0 Å². The molecule has 24 heavy (non-hydrogen) atoms. The van der Waals surface area contributed by atoms with Crippen LogP contribution in [0.4, 0.5) is 0 Å². The van der Waals surface area contributed by atoms with E-state index in [1.165, 1.54) is 29.4 Å². The van der Waals surface area contributed by atoms with Crippen LogP contribution in [0.15, 0.2) is 78.4 Å². The van der Waals surface area contributed by atoms with Gasteiger partial charge in [0.25, 0.3) is 0 Å². The lowest BCUT2D eigenvalue weighted by Gasteiger charge is -2.18. The summed E-state index contributed by atoms with van der Waals surface area (Å²) >= 11 is 0. The van der Waals surface area contributed by atoms with E-state index in [1.807, 2.05) is 12.1 Å². The van der Waals surface area contributed by atoms with Crippen molar-refractivity contribution in [3.63, 3.8) is 0 Å². The van der Waals surface area contributed by atoms with E-state index < -0.39 is 0 Å². The van der Waals surface area contributed by atoms with E-state index in [-0.39, 0.29) is 17.8 Å². The number of benzene rings is 2. The molecule has 1 fully saturated rings. The molecular formula is C22H20O2. The van der Waals surface area contributed by atoms with Gasteiger partial charge in [-0.1, -0.05) is 72.8 Å². The normalized spacial score (nSPS) is 24.2. The van der Waals surface area contributed by atoms with E-state index in [9.17, 15) is 4.79 Å². The first-order valence-electron chi connectivity index (χ1n) is 8.40. The molecule has 120 valence electrons. The molecular weight excluding hydrogens is 296 g/mol. The summed E-state index contributed by atoms with van der Waals surface area (Å²) < 4.78 is 5.03. The maximum absolute atomic E-state index is 12.2. The van der Waals surface area contributed by atoms with E-state index in [2.05, 4.69) is 60.7 Å². The number of allylic oxidation sites excluding steroid dienone is 3. The Bertz CT molecular complexity index is 761. The Morgan fingerprint density at radius 2 is 1.50 bits per heavy atom. The summed E-state index contributed by atoms with van der Waals surface area (Å²) in [5.41, 5.74) is 5.05. The van der Waals surface area contributed by atoms with Crippen molar-refractivity contribution < 1.29 is 9.53 Å². The smallest absolute Gasteiger partial charge is 0.309 e. The van der Waals surface area contributed by atoms with Gasteiger partial charge in [-0.05, 0) is 28.7 Å². The average Bonchev–Trinajstić information content (AvgIpc) is 3.21. The summed E-state index contributed by atoms with van der Waals surface area (Å²) in [6, 6.07) is 21.0. The third-order valence-corrected chi connectivity index (χ3v) is 5.17. The van der Waals surface area contributed by atoms with Crippen molar-refractivity contribution in [2.45, 2.75) is 6.42 Å². The number of fused-ring (bicyclic) bond motifs is 2. The predicted molar refractivity (Wildman–Crippen MR) is 95.1 cm³/mol. The highest BCUT2D eigenvalue weighted by Crippen LogP contribution is 2.52. The van der Waals surface area contributed by atoms with Crippen LogP contribution >= 0.6 is 0 Å². The van der Waals surface area contributed by atoms with E-state index in [4.69, 9.17) is 4.74 Å². The molecule has 0 spiro atoms. The lowest BCUT2D eigenvalue weighted by Crippen LogP contribution is -2.20. The highest BCUT2D eigenvalue weighted by atomic mass is 16.5. The maximum atomic E-state index is 12.2. The minimum absolute atomic E-state index is 0.0533. The van der Waals surface area contributed by atoms with Crippen molar-refractivity contribution in [2.75, 3.05) is 7.11 Å². The Labute approximate surface area is 142 Å². The molecule has 0 aromatic heterocycles. The third kappa shape index (κ3) is 2.39. The number of rotatable bonds is 3. The van der Waals surface area contributed by atoms with Gasteiger partial charge in [0.2, 0.25) is 0 Å². The standard InChI is InChI=1S/C22H20O2/c1-24-22(23)19-14-17-12-13-18(19)21(17)20(15-8-4-2-5-9-15)16-10-6-3-7-11-16/h2-13,17-19H,14H2,1H3/t17-,18+,19-/m0/s1. The van der Waals surface area contributed by atoms with Crippen LogP contribution < -0.4 is 0 Å². The second-order valence-corrected chi connectivity index (χ2v) is 6.44. The second-order valence-electron chi connectivity index (χ2n) is 6.44. The van der Waals surface area contributed by atoms with Crippen LogP contribution in [0, 0.1) is 17.8 Å². The first-order chi connectivity index (χ1) is 11.8. The van der Waals surface area contributed by atoms with Crippen molar-refractivity contribution in [3.05, 3.63) is 89.5 Å². The van der Waals surface area contributed by atoms with Crippen LogP contribution in [-0.2, 0) is 9.53 Å². The molecule has 2 aliphatic rings. The molecule has 2 heteroatoms. The summed E-state index contributed by atoms with van der Waals surface area (Å²) in [6.45, 7) is 0. The number of ether oxygens (including phenoxy) is 1. The van der Waals surface area contributed by atoms with Crippen molar-refractivity contribution in [1.29, 1.82) is 0 Å². The van der Waals surface area contributed by atoms with Crippen LogP contribution in [0.1, 0.15) is 17.5 Å². The van der Waals surface area contributed by atoms with Gasteiger partial charge in [0.15, 0.2) is 0 Å². The topological polar surface area (TPSA) is 26.3 Å². The molecule has 4 rings (SSSR count). The summed E-state index contributed by atoms with van der Waals surface area (Å²) in [4.78, 5) is 12.2. The number of carbonyl (C=O) groups excluding carboxylic acids is 1. The fraction of sp³-hybridized carbons (Fsp3) is 0.227. The van der Waals surface area contributed by atoms with E-state index >= 15 is 0 Å². The van der Waals surface area contributed by atoms with Gasteiger partial charge in [-0.2, -0.15) is 0 Å². The highest BCUT2D eigenvalue weighted by molar-refractivity contribution is 5.86. The molecule has 2 aliphatic carbocycles. The Morgan fingerprint density at radius 3 is 2.04 bits per heavy atom. The van der Waals surface area contributed by atoms with Gasteiger partial charge in [0, 0.05) is 11.8 Å². The van der Waals surface area contributed by atoms with Crippen molar-refractivity contribution in [1.82, 2.24) is 0 Å². The molecule has 0 heterocycles. The van der Waals surface area contributed by atoms with Crippen molar-refractivity contribution in [3.8, 4) is 0 Å². The number of carbonyl (C=O) groups is 1. The largest absolute Gasteiger partial charge is 0.469 e. The minimum Gasteiger partial charge on any atom is -0.469 e. The van der Waals surface area contributed by atoms with E-state index in [0.29, 0.717) is 5.92 Å². The molecule has 0 radical (unpaired) electrons. The zero-order chi connectivity index (χ0) is 16.5. The lowest BCUT2D eigenvalue weighted by atomic mass is 9.86. The van der Waals surface area contributed by atoms with E-state index in [0.717, 1.165) is 6.42 Å². The Balaban J connectivity index is 1.88. The first kappa shape index (κ1) is 14.9. The van der Waals surface area contributed by atoms with Gasteiger partial charge in [-0.25, -0.2) is 0 Å². The molecule has 0 amide bonds. The summed E-state index contributed by atoms with van der Waals surface area (Å²) in [5, 5.41) is 0. The van der Waals surface area contributed by atoms with Gasteiger partial charge < -0.3 is 4.74 Å². The molecule has 3 atom stereocenters. The van der Waals surface area contributed by atoms with Crippen molar-refractivity contribution in [2.24, 2.45) is 17.8 Å². The van der Waals surface area contributed by atoms with Crippen LogP contribution in [0.3, 0.4) is 0 Å². The van der Waals surface area contributed by atoms with Gasteiger partial charge >= 0.3 is 5.97 Å². The van der Waals surface area contributed by atoms with E-state index in [1.54, 1.807) is 0 Å². The first-order valence-corrected chi connectivity index (χ1v) is 8.40. The summed E-state index contributed by atoms with van der Waals surface area (Å²) in [6.07, 6.45) is 5.30. The van der Waals surface area contributed by atoms with Crippen LogP contribution in [0.2, 0.25) is 0 Å². The van der Waals surface area contributed by atoms with Gasteiger partial charge in [-0.15, -0.1) is 0 Å². The Kier molecular flexibility index (Phi) is 3.81. The zero-order valence-corrected chi connectivity index (χ0v) is 13.7. The number of hydrogen-bond acceptors (Lipinski definition) is 2. The fourth-order valence-corrected chi connectivity index (χ4v) is 4.14. The molecule has 2 aromatic carbocycles. The SMILES string of the molecule is COC(=O)[C@H]1C[C@@H]2C=C[C@H]1C2=C(c1ccccc1)c1ccccc1. The molecule has 0 aliphatic heterocycles. The number of methoxy groups -OCH3 is 1. The van der Waals surface area contributed by atoms with Gasteiger partial charge in [-0.3, -0.25) is 4.79 Å². The van der Waals surface area contributed by atoms with Gasteiger partial charge in [0.1, 0.15) is 0 Å². The minimum atomic E-state index is -0.0928. The van der Waals surface area contributed by atoms with Crippen LogP contribution in [-0.4, -0.2) is 13.1 Å². The van der Waals surface area contributed by atoms with Crippen molar-refractivity contribution >= 4 is 11.5 Å². The maximum Gasteiger partial charge on any atom is 0.309 e. The van der Waals surface area contributed by atoms with Gasteiger partial charge in [0.05, 0.1) is 13.0 Å².